The van der Waals surface area contributed by atoms with Crippen molar-refractivity contribution in [3.63, 3.8) is 0 Å². The van der Waals surface area contributed by atoms with Crippen molar-refractivity contribution >= 4 is 0 Å². The maximum absolute atomic E-state index is 13.3. The smallest absolute Gasteiger partial charge is 0.329 e. The van der Waals surface area contributed by atoms with Crippen LogP contribution in [0.3, 0.4) is 0 Å². The Morgan fingerprint density at radius 1 is 1.20 bits per heavy atom. The Labute approximate surface area is 138 Å². The van der Waals surface area contributed by atoms with Crippen molar-refractivity contribution in [3.8, 4) is 11.4 Å². The van der Waals surface area contributed by atoms with E-state index in [0.29, 0.717) is 5.56 Å². The SMILES string of the molecule is CC(c1cccc(F)c1)n1ccc(-c2noc(C(F)(F)F)n2)cc1=O. The normalized spacial score (nSPS) is 13.0. The van der Waals surface area contributed by atoms with Gasteiger partial charge in [0.2, 0.25) is 5.82 Å². The predicted molar refractivity (Wildman–Crippen MR) is 79.2 cm³/mol. The Hall–Kier alpha value is -2.97. The second-order valence-electron chi connectivity index (χ2n) is 5.31. The number of nitrogens with zero attached hydrogens (tertiary/aromatic N) is 3. The second-order valence-corrected chi connectivity index (χ2v) is 5.31. The van der Waals surface area contributed by atoms with Crippen LogP contribution in [-0.4, -0.2) is 14.7 Å². The number of pyridine rings is 1. The van der Waals surface area contributed by atoms with Gasteiger partial charge in [0, 0.05) is 17.8 Å². The van der Waals surface area contributed by atoms with E-state index in [0.717, 1.165) is 6.07 Å². The maximum Gasteiger partial charge on any atom is 0.471 e. The van der Waals surface area contributed by atoms with Crippen molar-refractivity contribution < 1.29 is 22.1 Å². The molecule has 0 amide bonds. The highest BCUT2D eigenvalue weighted by Gasteiger charge is 2.38. The Bertz CT molecular complexity index is 962. The number of hydrogen-bond donors (Lipinski definition) is 0. The molecule has 0 bridgehead atoms. The van der Waals surface area contributed by atoms with Crippen molar-refractivity contribution in [2.45, 2.75) is 19.1 Å². The fourth-order valence-corrected chi connectivity index (χ4v) is 2.33. The van der Waals surface area contributed by atoms with Crippen molar-refractivity contribution in [3.05, 3.63) is 70.2 Å². The quantitative estimate of drug-likeness (QED) is 0.674. The minimum absolute atomic E-state index is 0.0898. The molecular formula is C16H11F4N3O2. The summed E-state index contributed by atoms with van der Waals surface area (Å²) in [6, 6.07) is 7.81. The van der Waals surface area contributed by atoms with Crippen LogP contribution in [0.1, 0.15) is 24.4 Å². The Morgan fingerprint density at radius 2 is 1.96 bits per heavy atom. The number of aromatic nitrogens is 3. The Kier molecular flexibility index (Phi) is 4.15. The van der Waals surface area contributed by atoms with Crippen molar-refractivity contribution in [1.82, 2.24) is 14.7 Å². The van der Waals surface area contributed by atoms with Crippen LogP contribution in [0, 0.1) is 5.82 Å². The standard InChI is InChI=1S/C16H11F4N3O2/c1-9(10-3-2-4-12(17)7-10)23-6-5-11(8-13(23)24)14-21-15(25-22-14)16(18,19)20/h2-9H,1H3. The summed E-state index contributed by atoms with van der Waals surface area (Å²) in [7, 11) is 0. The minimum Gasteiger partial charge on any atom is -0.329 e. The molecule has 0 spiro atoms. The van der Waals surface area contributed by atoms with Crippen LogP contribution in [0.25, 0.3) is 11.4 Å². The molecule has 25 heavy (non-hydrogen) atoms. The molecule has 3 aromatic rings. The first-order valence-corrected chi connectivity index (χ1v) is 7.14. The summed E-state index contributed by atoms with van der Waals surface area (Å²) in [6.07, 6.45) is -3.37. The molecule has 0 saturated heterocycles. The van der Waals surface area contributed by atoms with Crippen LogP contribution in [0.2, 0.25) is 0 Å². The van der Waals surface area contributed by atoms with Crippen molar-refractivity contribution in [1.29, 1.82) is 0 Å². The molecule has 9 heteroatoms. The zero-order valence-corrected chi connectivity index (χ0v) is 12.8. The van der Waals surface area contributed by atoms with Crippen LogP contribution < -0.4 is 5.56 Å². The van der Waals surface area contributed by atoms with Gasteiger partial charge in [-0.1, -0.05) is 17.3 Å². The lowest BCUT2D eigenvalue weighted by molar-refractivity contribution is -0.159. The molecule has 3 rings (SSSR count). The first kappa shape index (κ1) is 16.9. The van der Waals surface area contributed by atoms with Crippen LogP contribution in [-0.2, 0) is 6.18 Å². The molecule has 0 fully saturated rings. The summed E-state index contributed by atoms with van der Waals surface area (Å²) in [5.41, 5.74) is 0.174. The molecular weight excluding hydrogens is 342 g/mol. The molecule has 0 aliphatic rings. The summed E-state index contributed by atoms with van der Waals surface area (Å²) < 4.78 is 56.3. The van der Waals surface area contributed by atoms with Gasteiger partial charge >= 0.3 is 12.1 Å². The van der Waals surface area contributed by atoms with Gasteiger partial charge in [0.15, 0.2) is 0 Å². The van der Waals surface area contributed by atoms with E-state index in [1.165, 1.54) is 35.0 Å². The number of halogens is 4. The summed E-state index contributed by atoms with van der Waals surface area (Å²) >= 11 is 0. The third kappa shape index (κ3) is 3.44. The molecule has 0 aliphatic carbocycles. The van der Waals surface area contributed by atoms with E-state index in [2.05, 4.69) is 14.7 Å². The summed E-state index contributed by atoms with van der Waals surface area (Å²) in [5.74, 6) is -2.25. The van der Waals surface area contributed by atoms with Crippen LogP contribution in [0.4, 0.5) is 17.6 Å². The third-order valence-electron chi connectivity index (χ3n) is 3.62. The number of alkyl halides is 3. The van der Waals surface area contributed by atoms with Gasteiger partial charge in [-0.15, -0.1) is 0 Å². The van der Waals surface area contributed by atoms with E-state index in [4.69, 9.17) is 0 Å². The molecule has 0 aliphatic heterocycles. The second kappa shape index (κ2) is 6.15. The van der Waals surface area contributed by atoms with E-state index in [1.54, 1.807) is 13.0 Å². The molecule has 0 radical (unpaired) electrons. The van der Waals surface area contributed by atoms with Crippen molar-refractivity contribution in [2.24, 2.45) is 0 Å². The van der Waals surface area contributed by atoms with Gasteiger partial charge in [0.25, 0.3) is 5.56 Å². The molecule has 0 saturated carbocycles. The number of rotatable bonds is 3. The first-order valence-electron chi connectivity index (χ1n) is 7.14. The van der Waals surface area contributed by atoms with Gasteiger partial charge in [0.05, 0.1) is 6.04 Å². The maximum atomic E-state index is 13.3. The molecule has 1 atom stereocenters. The van der Waals surface area contributed by atoms with Crippen LogP contribution >= 0.6 is 0 Å². The van der Waals surface area contributed by atoms with Gasteiger partial charge in [-0.3, -0.25) is 4.79 Å². The zero-order chi connectivity index (χ0) is 18.2. The first-order chi connectivity index (χ1) is 11.8. The van der Waals surface area contributed by atoms with E-state index in [-0.39, 0.29) is 11.4 Å². The van der Waals surface area contributed by atoms with E-state index >= 15 is 0 Å². The topological polar surface area (TPSA) is 60.9 Å². The van der Waals surface area contributed by atoms with E-state index < -0.39 is 29.5 Å². The molecule has 2 aromatic heterocycles. The van der Waals surface area contributed by atoms with Gasteiger partial charge < -0.3 is 9.09 Å². The van der Waals surface area contributed by atoms with Crippen LogP contribution in [0.15, 0.2) is 51.9 Å². The van der Waals surface area contributed by atoms with Crippen molar-refractivity contribution in [2.75, 3.05) is 0 Å². The lowest BCUT2D eigenvalue weighted by atomic mass is 10.1. The van der Waals surface area contributed by atoms with Crippen LogP contribution in [0.5, 0.6) is 0 Å². The van der Waals surface area contributed by atoms with Gasteiger partial charge in [-0.05, 0) is 30.7 Å². The largest absolute Gasteiger partial charge is 0.471 e. The summed E-state index contributed by atoms with van der Waals surface area (Å²) in [4.78, 5) is 15.5. The monoisotopic (exact) mass is 353 g/mol. The average molecular weight is 353 g/mol. The highest BCUT2D eigenvalue weighted by Crippen LogP contribution is 2.29. The summed E-state index contributed by atoms with van der Waals surface area (Å²) in [5, 5.41) is 3.23. The minimum atomic E-state index is -4.76. The van der Waals surface area contributed by atoms with Gasteiger partial charge in [-0.25, -0.2) is 4.39 Å². The fourth-order valence-electron chi connectivity index (χ4n) is 2.33. The fraction of sp³-hybridized carbons (Fsp3) is 0.188. The van der Waals surface area contributed by atoms with E-state index in [1.807, 2.05) is 0 Å². The van der Waals surface area contributed by atoms with Gasteiger partial charge in [-0.2, -0.15) is 18.2 Å². The third-order valence-corrected chi connectivity index (χ3v) is 3.62. The number of benzene rings is 1. The molecule has 1 aromatic carbocycles. The van der Waals surface area contributed by atoms with E-state index in [9.17, 15) is 22.4 Å². The zero-order valence-electron chi connectivity index (χ0n) is 12.8. The summed E-state index contributed by atoms with van der Waals surface area (Å²) in [6.45, 7) is 1.70. The Morgan fingerprint density at radius 3 is 2.56 bits per heavy atom. The number of hydrogen-bond acceptors (Lipinski definition) is 4. The molecule has 1 unspecified atom stereocenters. The molecule has 130 valence electrons. The average Bonchev–Trinajstić information content (AvgIpc) is 3.04. The molecule has 5 nitrogen and oxygen atoms in total. The Balaban J connectivity index is 1.93. The molecule has 0 N–H and O–H groups in total. The van der Waals surface area contributed by atoms with Gasteiger partial charge in [0.1, 0.15) is 5.82 Å². The predicted octanol–water partition coefficient (Wildman–Crippen LogP) is 3.67. The highest BCUT2D eigenvalue weighted by molar-refractivity contribution is 5.53. The lowest BCUT2D eigenvalue weighted by Gasteiger charge is -2.15. The molecule has 2 heterocycles. The lowest BCUT2D eigenvalue weighted by Crippen LogP contribution is -2.22. The highest BCUT2D eigenvalue weighted by atomic mass is 19.4.